The molecule has 14 heavy (non-hydrogen) atoms. The predicted molar refractivity (Wildman–Crippen MR) is 52.9 cm³/mol. The molecule has 0 saturated heterocycles. The molecule has 5 nitrogen and oxygen atoms in total. The van der Waals surface area contributed by atoms with Crippen molar-refractivity contribution in [2.75, 3.05) is 13.6 Å². The van der Waals surface area contributed by atoms with Crippen LogP contribution in [0.2, 0.25) is 0 Å². The van der Waals surface area contributed by atoms with E-state index < -0.39 is 0 Å². The van der Waals surface area contributed by atoms with Gasteiger partial charge in [-0.25, -0.2) is 0 Å². The monoisotopic (exact) mass is 216 g/mol. The van der Waals surface area contributed by atoms with Crippen LogP contribution in [0.5, 0.6) is 0 Å². The van der Waals surface area contributed by atoms with E-state index in [1.807, 2.05) is 6.92 Å². The Balaban J connectivity index is 2.64. The second-order valence-electron chi connectivity index (χ2n) is 2.92. The maximum absolute atomic E-state index is 11.5. The van der Waals surface area contributed by atoms with E-state index in [4.69, 9.17) is 11.6 Å². The molecule has 0 bridgehead atoms. The Bertz CT molecular complexity index is 312. The summed E-state index contributed by atoms with van der Waals surface area (Å²) in [5, 5.41) is 7.47. The van der Waals surface area contributed by atoms with Crippen LogP contribution >= 0.6 is 11.6 Å². The van der Waals surface area contributed by atoms with Gasteiger partial charge in [0.15, 0.2) is 0 Å². The van der Waals surface area contributed by atoms with E-state index in [9.17, 15) is 4.79 Å². The van der Waals surface area contributed by atoms with E-state index >= 15 is 0 Å². The fourth-order valence-corrected chi connectivity index (χ4v) is 1.16. The summed E-state index contributed by atoms with van der Waals surface area (Å²) >= 11 is 5.62. The van der Waals surface area contributed by atoms with Gasteiger partial charge >= 0.3 is 0 Å². The number of rotatable bonds is 4. The van der Waals surface area contributed by atoms with Crippen LogP contribution in [0.15, 0.2) is 6.33 Å². The maximum atomic E-state index is 11.5. The molecule has 0 saturated carbocycles. The molecule has 0 aliphatic heterocycles. The molecule has 0 atom stereocenters. The van der Waals surface area contributed by atoms with E-state index in [0.29, 0.717) is 12.4 Å². The topological polar surface area (TPSA) is 51.0 Å². The summed E-state index contributed by atoms with van der Waals surface area (Å²) < 4.78 is 1.65. The van der Waals surface area contributed by atoms with Gasteiger partial charge in [0.25, 0.3) is 0 Å². The van der Waals surface area contributed by atoms with Crippen LogP contribution in [0, 0.1) is 0 Å². The van der Waals surface area contributed by atoms with E-state index in [2.05, 4.69) is 10.2 Å². The molecule has 0 unspecified atom stereocenters. The van der Waals surface area contributed by atoms with Crippen LogP contribution in [0.25, 0.3) is 0 Å². The largest absolute Gasteiger partial charge is 0.344 e. The summed E-state index contributed by atoms with van der Waals surface area (Å²) in [4.78, 5) is 13.2. The molecule has 0 N–H and O–H groups in total. The Morgan fingerprint density at radius 1 is 1.71 bits per heavy atom. The number of aromatic nitrogens is 3. The SMILES string of the molecule is CCN(C)C(=O)Cn1cnnc1CCl. The highest BCUT2D eigenvalue weighted by Crippen LogP contribution is 2.00. The highest BCUT2D eigenvalue weighted by molar-refractivity contribution is 6.16. The Morgan fingerprint density at radius 3 is 3.00 bits per heavy atom. The van der Waals surface area contributed by atoms with Crippen molar-refractivity contribution in [3.8, 4) is 0 Å². The van der Waals surface area contributed by atoms with Crippen molar-refractivity contribution in [2.24, 2.45) is 0 Å². The highest BCUT2D eigenvalue weighted by atomic mass is 35.5. The summed E-state index contributed by atoms with van der Waals surface area (Å²) in [5.74, 6) is 0.909. The second kappa shape index (κ2) is 4.95. The number of nitrogens with zero attached hydrogens (tertiary/aromatic N) is 4. The van der Waals surface area contributed by atoms with Crippen LogP contribution in [0.1, 0.15) is 12.7 Å². The molecule has 0 aliphatic carbocycles. The average molecular weight is 217 g/mol. The van der Waals surface area contributed by atoms with Crippen LogP contribution in [-0.2, 0) is 17.2 Å². The van der Waals surface area contributed by atoms with E-state index in [1.54, 1.807) is 16.5 Å². The van der Waals surface area contributed by atoms with Gasteiger partial charge in [-0.2, -0.15) is 0 Å². The molecule has 1 heterocycles. The van der Waals surface area contributed by atoms with Crippen molar-refractivity contribution in [3.05, 3.63) is 12.2 Å². The molecule has 1 aromatic heterocycles. The Kier molecular flexibility index (Phi) is 3.88. The summed E-state index contributed by atoms with van der Waals surface area (Å²) in [5.41, 5.74) is 0. The Labute approximate surface area is 87.7 Å². The third kappa shape index (κ3) is 2.45. The van der Waals surface area contributed by atoms with Crippen molar-refractivity contribution >= 4 is 17.5 Å². The number of alkyl halides is 1. The predicted octanol–water partition coefficient (Wildman–Crippen LogP) is 0.495. The van der Waals surface area contributed by atoms with Gasteiger partial charge in [0, 0.05) is 13.6 Å². The molecule has 0 aromatic carbocycles. The molecule has 1 amide bonds. The van der Waals surface area contributed by atoms with Gasteiger partial charge in [0.1, 0.15) is 18.7 Å². The van der Waals surface area contributed by atoms with Crippen molar-refractivity contribution in [1.82, 2.24) is 19.7 Å². The minimum Gasteiger partial charge on any atom is -0.344 e. The molecular weight excluding hydrogens is 204 g/mol. The zero-order chi connectivity index (χ0) is 10.6. The third-order valence-electron chi connectivity index (χ3n) is 2.02. The van der Waals surface area contributed by atoms with Gasteiger partial charge < -0.3 is 9.47 Å². The van der Waals surface area contributed by atoms with Crippen molar-refractivity contribution in [3.63, 3.8) is 0 Å². The molecular formula is C8H13ClN4O. The van der Waals surface area contributed by atoms with E-state index in [0.717, 1.165) is 0 Å². The summed E-state index contributed by atoms with van der Waals surface area (Å²) in [6.07, 6.45) is 1.51. The van der Waals surface area contributed by atoms with Crippen LogP contribution in [0.3, 0.4) is 0 Å². The molecule has 0 spiro atoms. The van der Waals surface area contributed by atoms with Gasteiger partial charge in [0.05, 0.1) is 5.88 Å². The maximum Gasteiger partial charge on any atom is 0.242 e. The normalized spacial score (nSPS) is 10.2. The summed E-state index contributed by atoms with van der Waals surface area (Å²) in [6, 6.07) is 0. The van der Waals surface area contributed by atoms with E-state index in [1.165, 1.54) is 6.33 Å². The molecule has 78 valence electrons. The number of likely N-dealkylation sites (N-methyl/N-ethyl adjacent to an activating group) is 1. The Hall–Kier alpha value is -1.10. The van der Waals surface area contributed by atoms with Crippen LogP contribution < -0.4 is 0 Å². The van der Waals surface area contributed by atoms with E-state index in [-0.39, 0.29) is 18.3 Å². The number of carbonyl (C=O) groups excluding carboxylic acids is 1. The molecule has 0 aliphatic rings. The fraction of sp³-hybridized carbons (Fsp3) is 0.625. The summed E-state index contributed by atoms with van der Waals surface area (Å²) in [6.45, 7) is 2.86. The quantitative estimate of drug-likeness (QED) is 0.689. The lowest BCUT2D eigenvalue weighted by Crippen LogP contribution is -2.30. The first-order valence-corrected chi connectivity index (χ1v) is 4.89. The minimum absolute atomic E-state index is 0.0265. The van der Waals surface area contributed by atoms with Gasteiger partial charge in [-0.3, -0.25) is 4.79 Å². The lowest BCUT2D eigenvalue weighted by atomic mass is 10.5. The van der Waals surface area contributed by atoms with Crippen molar-refractivity contribution < 1.29 is 4.79 Å². The number of amides is 1. The number of halogens is 1. The zero-order valence-electron chi connectivity index (χ0n) is 8.27. The minimum atomic E-state index is 0.0265. The van der Waals surface area contributed by atoms with Crippen LogP contribution in [-0.4, -0.2) is 39.2 Å². The molecule has 0 fully saturated rings. The summed E-state index contributed by atoms with van der Waals surface area (Å²) in [7, 11) is 1.76. The smallest absolute Gasteiger partial charge is 0.242 e. The first-order valence-electron chi connectivity index (χ1n) is 4.35. The van der Waals surface area contributed by atoms with Crippen LogP contribution in [0.4, 0.5) is 0 Å². The number of carbonyl (C=O) groups is 1. The van der Waals surface area contributed by atoms with Gasteiger partial charge in [-0.15, -0.1) is 21.8 Å². The van der Waals surface area contributed by atoms with Gasteiger partial charge in [-0.1, -0.05) is 0 Å². The first-order chi connectivity index (χ1) is 6.69. The van der Waals surface area contributed by atoms with Gasteiger partial charge in [0.2, 0.25) is 5.91 Å². The lowest BCUT2D eigenvalue weighted by Gasteiger charge is -2.14. The first kappa shape index (κ1) is 11.0. The lowest BCUT2D eigenvalue weighted by molar-refractivity contribution is -0.130. The Morgan fingerprint density at radius 2 is 2.43 bits per heavy atom. The second-order valence-corrected chi connectivity index (χ2v) is 3.18. The molecule has 1 aromatic rings. The van der Waals surface area contributed by atoms with Crippen molar-refractivity contribution in [2.45, 2.75) is 19.3 Å². The highest BCUT2D eigenvalue weighted by Gasteiger charge is 2.10. The molecule has 0 radical (unpaired) electrons. The standard InChI is InChI=1S/C8H13ClN4O/c1-3-12(2)8(14)5-13-6-10-11-7(13)4-9/h6H,3-5H2,1-2H3. The molecule has 1 rings (SSSR count). The number of hydrogen-bond donors (Lipinski definition) is 0. The number of hydrogen-bond acceptors (Lipinski definition) is 3. The van der Waals surface area contributed by atoms with Crippen molar-refractivity contribution in [1.29, 1.82) is 0 Å². The zero-order valence-corrected chi connectivity index (χ0v) is 9.03. The third-order valence-corrected chi connectivity index (χ3v) is 2.26. The van der Waals surface area contributed by atoms with Gasteiger partial charge in [-0.05, 0) is 6.92 Å². The molecule has 6 heteroatoms. The fourth-order valence-electron chi connectivity index (χ4n) is 0.957. The average Bonchev–Trinajstić information content (AvgIpc) is 2.63.